The summed E-state index contributed by atoms with van der Waals surface area (Å²) in [7, 11) is -2.57. The maximum absolute atomic E-state index is 13.8. The molecule has 0 radical (unpaired) electrons. The number of ether oxygens (including phenoxy) is 2. The second kappa shape index (κ2) is 9.36. The van der Waals surface area contributed by atoms with Crippen molar-refractivity contribution in [3.05, 3.63) is 59.9 Å². The molecule has 7 nitrogen and oxygen atoms in total. The van der Waals surface area contributed by atoms with E-state index in [-0.39, 0.29) is 22.8 Å². The Kier molecular flexibility index (Phi) is 6.84. The zero-order chi connectivity index (χ0) is 21.7. The van der Waals surface area contributed by atoms with Crippen LogP contribution in [0, 0.1) is 5.82 Å². The Balaban J connectivity index is 1.70. The van der Waals surface area contributed by atoms with Gasteiger partial charge in [-0.25, -0.2) is 12.8 Å². The molecule has 2 aromatic rings. The van der Waals surface area contributed by atoms with Crippen LogP contribution in [0.15, 0.2) is 53.4 Å². The van der Waals surface area contributed by atoms with Crippen LogP contribution in [0.2, 0.25) is 0 Å². The molecule has 3 rings (SSSR count). The number of benzene rings is 2. The molecule has 0 amide bonds. The number of sulfonamides is 1. The molecule has 160 valence electrons. The Labute approximate surface area is 174 Å². The van der Waals surface area contributed by atoms with Gasteiger partial charge >= 0.3 is 5.97 Å². The van der Waals surface area contributed by atoms with E-state index in [0.29, 0.717) is 19.3 Å². The van der Waals surface area contributed by atoms with Gasteiger partial charge < -0.3 is 9.47 Å². The topological polar surface area (TPSA) is 90.0 Å². The molecule has 0 spiro atoms. The van der Waals surface area contributed by atoms with Crippen LogP contribution < -0.4 is 4.74 Å². The highest BCUT2D eigenvalue weighted by atomic mass is 32.2. The molecule has 1 aliphatic rings. The first-order valence-corrected chi connectivity index (χ1v) is 10.9. The van der Waals surface area contributed by atoms with Crippen molar-refractivity contribution < 1.29 is 31.9 Å². The van der Waals surface area contributed by atoms with Crippen LogP contribution in [-0.4, -0.2) is 50.8 Å². The molecule has 0 N–H and O–H groups in total. The minimum Gasteiger partial charge on any atom is -0.494 e. The normalized spacial score (nSPS) is 17.3. The summed E-state index contributed by atoms with van der Waals surface area (Å²) in [5, 5.41) is 0. The first-order valence-electron chi connectivity index (χ1n) is 9.45. The summed E-state index contributed by atoms with van der Waals surface area (Å²) in [6, 6.07) is 10.5. The van der Waals surface area contributed by atoms with Gasteiger partial charge in [0.25, 0.3) is 0 Å². The summed E-state index contributed by atoms with van der Waals surface area (Å²) in [6.07, 6.45) is 1.59. The number of methoxy groups -OCH3 is 1. The standard InChI is InChI=1S/C21H22FNO6S/c1-28-20-11-10-15(13-17(20)22)19(24)14-29-21(25)18-9-5-6-12-23(18)30(26,27)16-7-3-2-4-8-16/h2-4,7-8,10-11,13,18H,5-6,9,12,14H2,1H3. The van der Waals surface area contributed by atoms with Gasteiger partial charge in [-0.15, -0.1) is 0 Å². The molecule has 30 heavy (non-hydrogen) atoms. The molecule has 1 aliphatic heterocycles. The van der Waals surface area contributed by atoms with E-state index in [1.807, 2.05) is 0 Å². The fourth-order valence-electron chi connectivity index (χ4n) is 3.31. The van der Waals surface area contributed by atoms with Crippen molar-refractivity contribution in [2.24, 2.45) is 0 Å². The Hall–Kier alpha value is -2.78. The van der Waals surface area contributed by atoms with Gasteiger partial charge in [-0.3, -0.25) is 9.59 Å². The zero-order valence-corrected chi connectivity index (χ0v) is 17.2. The van der Waals surface area contributed by atoms with Gasteiger partial charge in [-0.2, -0.15) is 4.31 Å². The average molecular weight is 435 g/mol. The molecule has 0 aliphatic carbocycles. The van der Waals surface area contributed by atoms with E-state index in [9.17, 15) is 22.4 Å². The number of rotatable bonds is 7. The van der Waals surface area contributed by atoms with E-state index < -0.39 is 40.2 Å². The number of hydrogen-bond acceptors (Lipinski definition) is 6. The van der Waals surface area contributed by atoms with E-state index in [2.05, 4.69) is 0 Å². The largest absolute Gasteiger partial charge is 0.494 e. The quantitative estimate of drug-likeness (QED) is 0.491. The minimum atomic E-state index is -3.88. The minimum absolute atomic E-state index is 0.00693. The molecule has 0 aromatic heterocycles. The summed E-state index contributed by atoms with van der Waals surface area (Å²) < 4.78 is 50.7. The maximum atomic E-state index is 13.8. The van der Waals surface area contributed by atoms with Gasteiger partial charge in [0, 0.05) is 12.1 Å². The van der Waals surface area contributed by atoms with Crippen LogP contribution in [-0.2, 0) is 19.6 Å². The molecule has 1 atom stereocenters. The van der Waals surface area contributed by atoms with Gasteiger partial charge in [0.05, 0.1) is 12.0 Å². The van der Waals surface area contributed by atoms with Crippen LogP contribution in [0.5, 0.6) is 5.75 Å². The number of nitrogens with zero attached hydrogens (tertiary/aromatic N) is 1. The fraction of sp³-hybridized carbons (Fsp3) is 0.333. The molecule has 0 saturated carbocycles. The average Bonchev–Trinajstić information content (AvgIpc) is 2.77. The van der Waals surface area contributed by atoms with Crippen molar-refractivity contribution in [2.45, 2.75) is 30.2 Å². The summed E-state index contributed by atoms with van der Waals surface area (Å²) in [6.45, 7) is -0.422. The summed E-state index contributed by atoms with van der Waals surface area (Å²) >= 11 is 0. The second-order valence-electron chi connectivity index (χ2n) is 6.82. The molecule has 1 fully saturated rings. The maximum Gasteiger partial charge on any atom is 0.324 e. The fourth-order valence-corrected chi connectivity index (χ4v) is 4.98. The number of Topliss-reactive ketones (excluding diaryl/α,β-unsaturated/α-hetero) is 1. The van der Waals surface area contributed by atoms with E-state index in [1.165, 1.54) is 31.4 Å². The first kappa shape index (κ1) is 21.9. The number of piperidine rings is 1. The van der Waals surface area contributed by atoms with Gasteiger partial charge in [0.15, 0.2) is 24.0 Å². The third kappa shape index (κ3) is 4.68. The Morgan fingerprint density at radius 2 is 1.87 bits per heavy atom. The Bertz CT molecular complexity index is 1030. The number of carbonyl (C=O) groups excluding carboxylic acids is 2. The van der Waals surface area contributed by atoms with Crippen LogP contribution in [0.4, 0.5) is 4.39 Å². The molecule has 1 saturated heterocycles. The van der Waals surface area contributed by atoms with Gasteiger partial charge in [-0.05, 0) is 49.6 Å². The van der Waals surface area contributed by atoms with Gasteiger partial charge in [0.1, 0.15) is 6.04 Å². The highest BCUT2D eigenvalue weighted by Crippen LogP contribution is 2.26. The monoisotopic (exact) mass is 435 g/mol. The predicted octanol–water partition coefficient (Wildman–Crippen LogP) is 2.80. The highest BCUT2D eigenvalue weighted by molar-refractivity contribution is 7.89. The Morgan fingerprint density at radius 3 is 2.53 bits per heavy atom. The smallest absolute Gasteiger partial charge is 0.324 e. The summed E-state index contributed by atoms with van der Waals surface area (Å²) in [4.78, 5) is 25.0. The molecule has 1 heterocycles. The van der Waals surface area contributed by atoms with E-state index in [1.54, 1.807) is 18.2 Å². The molecular formula is C21H22FNO6S. The summed E-state index contributed by atoms with van der Waals surface area (Å²) in [5.41, 5.74) is 0.0264. The number of ketones is 1. The van der Waals surface area contributed by atoms with E-state index in [0.717, 1.165) is 10.4 Å². The van der Waals surface area contributed by atoms with Crippen LogP contribution >= 0.6 is 0 Å². The van der Waals surface area contributed by atoms with Crippen LogP contribution in [0.3, 0.4) is 0 Å². The lowest BCUT2D eigenvalue weighted by molar-refractivity contribution is -0.148. The second-order valence-corrected chi connectivity index (χ2v) is 8.71. The van der Waals surface area contributed by atoms with Crippen LogP contribution in [0.1, 0.15) is 29.6 Å². The van der Waals surface area contributed by atoms with Gasteiger partial charge in [0.2, 0.25) is 10.0 Å². The lowest BCUT2D eigenvalue weighted by Crippen LogP contribution is -2.48. The molecule has 9 heteroatoms. The predicted molar refractivity (Wildman–Crippen MR) is 106 cm³/mol. The first-order chi connectivity index (χ1) is 14.3. The third-order valence-corrected chi connectivity index (χ3v) is 6.82. The third-order valence-electron chi connectivity index (χ3n) is 4.89. The Morgan fingerprint density at radius 1 is 1.13 bits per heavy atom. The summed E-state index contributed by atoms with van der Waals surface area (Å²) in [5.74, 6) is -2.11. The van der Waals surface area contributed by atoms with Crippen molar-refractivity contribution >= 4 is 21.8 Å². The van der Waals surface area contributed by atoms with E-state index in [4.69, 9.17) is 9.47 Å². The molecular weight excluding hydrogens is 413 g/mol. The zero-order valence-electron chi connectivity index (χ0n) is 16.4. The molecule has 2 aromatic carbocycles. The number of esters is 1. The van der Waals surface area contributed by atoms with Crippen molar-refractivity contribution in [3.63, 3.8) is 0 Å². The van der Waals surface area contributed by atoms with Crippen molar-refractivity contribution in [1.82, 2.24) is 4.31 Å². The highest BCUT2D eigenvalue weighted by Gasteiger charge is 2.38. The molecule has 1 unspecified atom stereocenters. The van der Waals surface area contributed by atoms with Crippen molar-refractivity contribution in [3.8, 4) is 5.75 Å². The van der Waals surface area contributed by atoms with Crippen molar-refractivity contribution in [1.29, 1.82) is 0 Å². The number of carbonyl (C=O) groups is 2. The van der Waals surface area contributed by atoms with Crippen molar-refractivity contribution in [2.75, 3.05) is 20.3 Å². The SMILES string of the molecule is COc1ccc(C(=O)COC(=O)C2CCCCN2S(=O)(=O)c2ccccc2)cc1F. The van der Waals surface area contributed by atoms with Crippen LogP contribution in [0.25, 0.3) is 0 Å². The molecule has 0 bridgehead atoms. The number of halogens is 1. The number of hydrogen-bond donors (Lipinski definition) is 0. The lowest BCUT2D eigenvalue weighted by atomic mass is 10.1. The van der Waals surface area contributed by atoms with E-state index >= 15 is 0 Å². The lowest BCUT2D eigenvalue weighted by Gasteiger charge is -2.32. The van der Waals surface area contributed by atoms with Gasteiger partial charge in [-0.1, -0.05) is 18.2 Å².